The smallest absolute Gasteiger partial charge is 0.416 e. The normalized spacial score (nSPS) is 15.6. The van der Waals surface area contributed by atoms with Crippen LogP contribution in [0, 0.1) is 0 Å². The standard InChI is InChI=1S/C21H24F3N5O/c22-21(23,24)15-8-11-18(17(12-15)28-20(27)29-19(25)26)30-16-9-6-14(7-10-16)13-4-2-1-3-5-13/h6-13H,1-5H2,(H6,25,26,27,28,29). The summed E-state index contributed by atoms with van der Waals surface area (Å²) in [6.07, 6.45) is 1.53. The van der Waals surface area contributed by atoms with Crippen LogP contribution in [0.4, 0.5) is 18.9 Å². The van der Waals surface area contributed by atoms with E-state index in [-0.39, 0.29) is 23.4 Å². The molecule has 160 valence electrons. The summed E-state index contributed by atoms with van der Waals surface area (Å²) in [6.45, 7) is 0. The summed E-state index contributed by atoms with van der Waals surface area (Å²) >= 11 is 0. The number of benzene rings is 2. The topological polar surface area (TPSA) is 112 Å². The number of guanidine groups is 2. The molecule has 0 saturated heterocycles. The van der Waals surface area contributed by atoms with Crippen LogP contribution >= 0.6 is 0 Å². The van der Waals surface area contributed by atoms with Gasteiger partial charge in [0.1, 0.15) is 11.4 Å². The maximum atomic E-state index is 13.1. The SMILES string of the molecule is NC(N)=NC(N)=Nc1cc(C(F)(F)F)ccc1Oc1ccc(C2CCCCC2)cc1. The molecule has 0 radical (unpaired) electrons. The zero-order chi connectivity index (χ0) is 21.7. The molecule has 0 aromatic heterocycles. The van der Waals surface area contributed by atoms with E-state index in [9.17, 15) is 13.2 Å². The highest BCUT2D eigenvalue weighted by Gasteiger charge is 2.31. The van der Waals surface area contributed by atoms with Crippen molar-refractivity contribution in [3.8, 4) is 11.5 Å². The fourth-order valence-electron chi connectivity index (χ4n) is 3.52. The minimum Gasteiger partial charge on any atom is -0.455 e. The van der Waals surface area contributed by atoms with E-state index in [4.69, 9.17) is 21.9 Å². The lowest BCUT2D eigenvalue weighted by atomic mass is 9.84. The van der Waals surface area contributed by atoms with Gasteiger partial charge in [-0.15, -0.1) is 0 Å². The summed E-state index contributed by atoms with van der Waals surface area (Å²) in [7, 11) is 0. The molecule has 0 unspecified atom stereocenters. The summed E-state index contributed by atoms with van der Waals surface area (Å²) in [5.74, 6) is 0.377. The Morgan fingerprint density at radius 1 is 0.933 bits per heavy atom. The molecule has 2 aromatic rings. The summed E-state index contributed by atoms with van der Waals surface area (Å²) in [5.41, 5.74) is 16.3. The third kappa shape index (κ3) is 5.65. The number of nitrogens with two attached hydrogens (primary N) is 3. The van der Waals surface area contributed by atoms with E-state index in [1.165, 1.54) is 43.7 Å². The zero-order valence-electron chi connectivity index (χ0n) is 16.3. The molecule has 6 N–H and O–H groups in total. The molecule has 1 saturated carbocycles. The van der Waals surface area contributed by atoms with Gasteiger partial charge in [0.2, 0.25) is 5.96 Å². The molecule has 2 aromatic carbocycles. The van der Waals surface area contributed by atoms with Crippen LogP contribution in [0.15, 0.2) is 52.4 Å². The molecule has 0 amide bonds. The minimum absolute atomic E-state index is 0.0992. The molecule has 6 nitrogen and oxygen atoms in total. The second kappa shape index (κ2) is 9.06. The molecule has 1 aliphatic rings. The van der Waals surface area contributed by atoms with Crippen molar-refractivity contribution in [1.29, 1.82) is 0 Å². The Labute approximate surface area is 172 Å². The third-order valence-electron chi connectivity index (χ3n) is 4.95. The van der Waals surface area contributed by atoms with Gasteiger partial charge in [-0.2, -0.15) is 18.2 Å². The van der Waals surface area contributed by atoms with Gasteiger partial charge in [-0.1, -0.05) is 31.4 Å². The van der Waals surface area contributed by atoms with Crippen molar-refractivity contribution >= 4 is 17.6 Å². The van der Waals surface area contributed by atoms with Crippen molar-refractivity contribution in [3.05, 3.63) is 53.6 Å². The van der Waals surface area contributed by atoms with Crippen LogP contribution in [-0.4, -0.2) is 11.9 Å². The molecule has 0 spiro atoms. The molecular weight excluding hydrogens is 395 g/mol. The summed E-state index contributed by atoms with van der Waals surface area (Å²) in [5, 5.41) is 0. The summed E-state index contributed by atoms with van der Waals surface area (Å²) in [4.78, 5) is 7.42. The van der Waals surface area contributed by atoms with E-state index in [2.05, 4.69) is 9.98 Å². The van der Waals surface area contributed by atoms with Gasteiger partial charge in [0.05, 0.1) is 5.56 Å². The van der Waals surface area contributed by atoms with Gasteiger partial charge >= 0.3 is 6.18 Å². The summed E-state index contributed by atoms with van der Waals surface area (Å²) < 4.78 is 45.1. The first-order valence-corrected chi connectivity index (χ1v) is 9.65. The quantitative estimate of drug-likeness (QED) is 0.490. The Bertz CT molecular complexity index is 929. The van der Waals surface area contributed by atoms with E-state index >= 15 is 0 Å². The fourth-order valence-corrected chi connectivity index (χ4v) is 3.52. The van der Waals surface area contributed by atoms with E-state index in [1.54, 1.807) is 12.1 Å². The van der Waals surface area contributed by atoms with Gasteiger partial charge in [0.25, 0.3) is 0 Å². The average molecular weight is 419 g/mol. The van der Waals surface area contributed by atoms with E-state index in [0.29, 0.717) is 11.7 Å². The van der Waals surface area contributed by atoms with Crippen molar-refractivity contribution in [2.24, 2.45) is 27.2 Å². The minimum atomic E-state index is -4.55. The largest absolute Gasteiger partial charge is 0.455 e. The highest BCUT2D eigenvalue weighted by molar-refractivity contribution is 5.94. The van der Waals surface area contributed by atoms with Crippen LogP contribution in [0.5, 0.6) is 11.5 Å². The first kappa shape index (κ1) is 21.5. The van der Waals surface area contributed by atoms with Crippen LogP contribution in [-0.2, 0) is 6.18 Å². The number of alkyl halides is 3. The predicted molar refractivity (Wildman–Crippen MR) is 111 cm³/mol. The van der Waals surface area contributed by atoms with Crippen LogP contribution in [0.25, 0.3) is 0 Å². The lowest BCUT2D eigenvalue weighted by Crippen LogP contribution is -2.26. The molecular formula is C21H24F3N5O. The molecule has 1 fully saturated rings. The molecule has 0 aliphatic heterocycles. The average Bonchev–Trinajstić information content (AvgIpc) is 2.69. The van der Waals surface area contributed by atoms with Crippen LogP contribution in [0.1, 0.15) is 49.1 Å². The Morgan fingerprint density at radius 2 is 1.60 bits per heavy atom. The van der Waals surface area contributed by atoms with Crippen molar-refractivity contribution in [2.75, 3.05) is 0 Å². The Morgan fingerprint density at radius 3 is 2.20 bits per heavy atom. The summed E-state index contributed by atoms with van der Waals surface area (Å²) in [6, 6.07) is 10.5. The van der Waals surface area contributed by atoms with Gasteiger partial charge in [-0.25, -0.2) is 4.99 Å². The first-order valence-electron chi connectivity index (χ1n) is 9.65. The molecule has 9 heteroatoms. The molecule has 30 heavy (non-hydrogen) atoms. The lowest BCUT2D eigenvalue weighted by molar-refractivity contribution is -0.137. The van der Waals surface area contributed by atoms with E-state index in [0.717, 1.165) is 12.1 Å². The first-order chi connectivity index (χ1) is 14.2. The third-order valence-corrected chi connectivity index (χ3v) is 4.95. The number of hydrogen-bond acceptors (Lipinski definition) is 2. The van der Waals surface area contributed by atoms with Gasteiger partial charge in [-0.3, -0.25) is 0 Å². The van der Waals surface area contributed by atoms with E-state index < -0.39 is 11.7 Å². The number of ether oxygens (including phenoxy) is 1. The zero-order valence-corrected chi connectivity index (χ0v) is 16.3. The Balaban J connectivity index is 1.88. The number of hydrogen-bond donors (Lipinski definition) is 3. The van der Waals surface area contributed by atoms with Crippen LogP contribution in [0.3, 0.4) is 0 Å². The second-order valence-corrected chi connectivity index (χ2v) is 7.19. The number of aliphatic imine (C=N–C) groups is 2. The van der Waals surface area contributed by atoms with Crippen molar-refractivity contribution in [3.63, 3.8) is 0 Å². The van der Waals surface area contributed by atoms with Gasteiger partial charge < -0.3 is 21.9 Å². The number of nitrogens with zero attached hydrogens (tertiary/aromatic N) is 2. The van der Waals surface area contributed by atoms with Crippen LogP contribution < -0.4 is 21.9 Å². The molecule has 1 aliphatic carbocycles. The Kier molecular flexibility index (Phi) is 6.49. The highest BCUT2D eigenvalue weighted by Crippen LogP contribution is 2.39. The molecule has 0 bridgehead atoms. The van der Waals surface area contributed by atoms with E-state index in [1.807, 2.05) is 12.1 Å². The van der Waals surface area contributed by atoms with Gasteiger partial charge in [-0.05, 0) is 54.7 Å². The number of halogens is 3. The molecule has 0 atom stereocenters. The lowest BCUT2D eigenvalue weighted by Gasteiger charge is -2.22. The maximum absolute atomic E-state index is 13.1. The molecule has 0 heterocycles. The number of rotatable bonds is 4. The second-order valence-electron chi connectivity index (χ2n) is 7.19. The van der Waals surface area contributed by atoms with Crippen molar-refractivity contribution in [2.45, 2.75) is 44.2 Å². The maximum Gasteiger partial charge on any atom is 0.416 e. The Hall–Kier alpha value is -3.23. The highest BCUT2D eigenvalue weighted by atomic mass is 19.4. The predicted octanol–water partition coefficient (Wildman–Crippen LogP) is 4.77. The van der Waals surface area contributed by atoms with Gasteiger partial charge in [0.15, 0.2) is 11.7 Å². The molecule has 3 rings (SSSR count). The van der Waals surface area contributed by atoms with Crippen LogP contribution in [0.2, 0.25) is 0 Å². The van der Waals surface area contributed by atoms with Crippen molar-refractivity contribution in [1.82, 2.24) is 0 Å². The van der Waals surface area contributed by atoms with Gasteiger partial charge in [0, 0.05) is 0 Å². The monoisotopic (exact) mass is 419 g/mol. The van der Waals surface area contributed by atoms with Crippen molar-refractivity contribution < 1.29 is 17.9 Å². The fraction of sp³-hybridized carbons (Fsp3) is 0.333.